The molecule has 2 bridgehead atoms. The number of nitrogens with zero attached hydrogens (tertiary/aromatic N) is 2. The van der Waals surface area contributed by atoms with Crippen LogP contribution >= 0.6 is 0 Å². The molecule has 1 N–H and O–H groups in total. The van der Waals surface area contributed by atoms with Crippen LogP contribution < -0.4 is 5.32 Å². The maximum atomic E-state index is 3.53. The molecule has 2 aliphatic rings. The van der Waals surface area contributed by atoms with Crippen molar-refractivity contribution >= 4 is 0 Å². The summed E-state index contributed by atoms with van der Waals surface area (Å²) in [6.07, 6.45) is 9.77. The van der Waals surface area contributed by atoms with Gasteiger partial charge in [-0.25, -0.2) is 0 Å². The van der Waals surface area contributed by atoms with Crippen LogP contribution in [-0.2, 0) is 0 Å². The Hall–Kier alpha value is -0.120. The van der Waals surface area contributed by atoms with Gasteiger partial charge < -0.3 is 10.2 Å². The Bertz CT molecular complexity index is 276. The van der Waals surface area contributed by atoms with Gasteiger partial charge in [0.05, 0.1) is 0 Å². The Labute approximate surface area is 132 Å². The van der Waals surface area contributed by atoms with E-state index < -0.39 is 0 Å². The number of nitrogens with one attached hydrogen (secondary N) is 1. The normalized spacial score (nSPS) is 31.6. The largest absolute Gasteiger partial charge is 0.317 e. The van der Waals surface area contributed by atoms with Crippen molar-refractivity contribution in [1.29, 1.82) is 0 Å². The third kappa shape index (κ3) is 4.43. The van der Waals surface area contributed by atoms with Crippen molar-refractivity contribution in [3.8, 4) is 0 Å². The first-order chi connectivity index (χ1) is 10.2. The zero-order chi connectivity index (χ0) is 15.2. The summed E-state index contributed by atoms with van der Waals surface area (Å²) < 4.78 is 0. The van der Waals surface area contributed by atoms with E-state index in [-0.39, 0.29) is 0 Å². The second kappa shape index (κ2) is 8.50. The van der Waals surface area contributed by atoms with Gasteiger partial charge in [-0.05, 0) is 72.1 Å². The van der Waals surface area contributed by atoms with Crippen molar-refractivity contribution in [3.63, 3.8) is 0 Å². The van der Waals surface area contributed by atoms with E-state index in [0.29, 0.717) is 0 Å². The van der Waals surface area contributed by atoms with E-state index in [9.17, 15) is 0 Å². The van der Waals surface area contributed by atoms with Crippen LogP contribution in [0.25, 0.3) is 0 Å². The fraction of sp³-hybridized carbons (Fsp3) is 1.00. The van der Waals surface area contributed by atoms with Crippen LogP contribution in [0.4, 0.5) is 0 Å². The van der Waals surface area contributed by atoms with Gasteiger partial charge in [-0.3, -0.25) is 4.90 Å². The fourth-order valence-electron chi connectivity index (χ4n) is 4.67. The zero-order valence-corrected chi connectivity index (χ0v) is 14.8. The molecule has 0 spiro atoms. The summed E-state index contributed by atoms with van der Waals surface area (Å²) >= 11 is 0. The third-order valence-corrected chi connectivity index (χ3v) is 5.94. The highest BCUT2D eigenvalue weighted by atomic mass is 15.2. The summed E-state index contributed by atoms with van der Waals surface area (Å²) in [6, 6.07) is 3.23. The third-order valence-electron chi connectivity index (χ3n) is 5.94. The molecule has 0 radical (unpaired) electrons. The lowest BCUT2D eigenvalue weighted by atomic mass is 9.80. The quantitative estimate of drug-likeness (QED) is 0.742. The second-order valence-corrected chi connectivity index (χ2v) is 7.16. The van der Waals surface area contributed by atoms with E-state index in [1.807, 2.05) is 0 Å². The van der Waals surface area contributed by atoms with E-state index >= 15 is 0 Å². The van der Waals surface area contributed by atoms with Crippen molar-refractivity contribution in [1.82, 2.24) is 15.1 Å². The average Bonchev–Trinajstić information content (AvgIpc) is 2.50. The predicted octanol–water partition coefficient (Wildman–Crippen LogP) is 3.10. The van der Waals surface area contributed by atoms with Crippen LogP contribution in [0.5, 0.6) is 0 Å². The molecule has 124 valence electrons. The van der Waals surface area contributed by atoms with Crippen LogP contribution in [0.3, 0.4) is 0 Å². The molecule has 2 heterocycles. The molecule has 3 nitrogen and oxygen atoms in total. The van der Waals surface area contributed by atoms with E-state index in [2.05, 4.69) is 42.9 Å². The van der Waals surface area contributed by atoms with Gasteiger partial charge in [-0.2, -0.15) is 0 Å². The first kappa shape index (κ1) is 17.2. The molecule has 2 fully saturated rings. The number of hydrogen-bond acceptors (Lipinski definition) is 3. The fourth-order valence-corrected chi connectivity index (χ4v) is 4.67. The lowest BCUT2D eigenvalue weighted by Gasteiger charge is -2.51. The van der Waals surface area contributed by atoms with Gasteiger partial charge in [0.25, 0.3) is 0 Å². The Morgan fingerprint density at radius 1 is 1.14 bits per heavy atom. The summed E-state index contributed by atoms with van der Waals surface area (Å²) in [5, 5.41) is 3.53. The molecule has 0 saturated carbocycles. The smallest absolute Gasteiger partial charge is 0.0116 e. The van der Waals surface area contributed by atoms with Gasteiger partial charge in [0, 0.05) is 24.2 Å². The van der Waals surface area contributed by atoms with Crippen molar-refractivity contribution in [2.45, 2.75) is 89.9 Å². The monoisotopic (exact) mass is 295 g/mol. The first-order valence-corrected chi connectivity index (χ1v) is 9.36. The van der Waals surface area contributed by atoms with Gasteiger partial charge in [0.15, 0.2) is 0 Å². The highest BCUT2D eigenvalue weighted by molar-refractivity contribution is 4.96. The maximum absolute atomic E-state index is 3.53. The van der Waals surface area contributed by atoms with Crippen LogP contribution in [0.2, 0.25) is 0 Å². The molecule has 2 rings (SSSR count). The maximum Gasteiger partial charge on any atom is 0.0116 e. The van der Waals surface area contributed by atoms with Crippen LogP contribution in [0, 0.1) is 0 Å². The van der Waals surface area contributed by atoms with E-state index in [4.69, 9.17) is 0 Å². The van der Waals surface area contributed by atoms with Crippen molar-refractivity contribution in [3.05, 3.63) is 0 Å². The molecule has 3 heteroatoms. The lowest BCUT2D eigenvalue weighted by molar-refractivity contribution is -0.00773. The molecule has 3 atom stereocenters. The van der Waals surface area contributed by atoms with Gasteiger partial charge >= 0.3 is 0 Å². The molecule has 0 aliphatic carbocycles. The molecular weight excluding hydrogens is 258 g/mol. The summed E-state index contributed by atoms with van der Waals surface area (Å²) in [5.74, 6) is 0. The Morgan fingerprint density at radius 3 is 2.29 bits per heavy atom. The van der Waals surface area contributed by atoms with Crippen LogP contribution in [0.15, 0.2) is 0 Å². The Morgan fingerprint density at radius 2 is 1.76 bits per heavy atom. The lowest BCUT2D eigenvalue weighted by Crippen LogP contribution is -2.58. The molecule has 2 saturated heterocycles. The van der Waals surface area contributed by atoms with Crippen molar-refractivity contribution in [2.75, 3.05) is 26.7 Å². The van der Waals surface area contributed by atoms with Crippen LogP contribution in [0.1, 0.15) is 65.7 Å². The highest BCUT2D eigenvalue weighted by Crippen LogP contribution is 2.36. The van der Waals surface area contributed by atoms with E-state index in [1.54, 1.807) is 0 Å². The summed E-state index contributed by atoms with van der Waals surface area (Å²) in [6.45, 7) is 10.7. The van der Waals surface area contributed by atoms with Crippen molar-refractivity contribution < 1.29 is 0 Å². The minimum Gasteiger partial charge on any atom is -0.317 e. The first-order valence-electron chi connectivity index (χ1n) is 9.36. The Kier molecular flexibility index (Phi) is 6.97. The summed E-state index contributed by atoms with van der Waals surface area (Å²) in [4.78, 5) is 5.46. The molecule has 21 heavy (non-hydrogen) atoms. The van der Waals surface area contributed by atoms with E-state index in [1.165, 1.54) is 64.6 Å². The standard InChI is InChI=1S/C18H37N3/c1-5-20(6-2)12-8-9-15(3)21-17-10-7-11-18(21)14-16(13-17)19-4/h15-19H,5-14H2,1-4H3. The molecule has 0 amide bonds. The molecular formula is C18H37N3. The Balaban J connectivity index is 1.82. The minimum atomic E-state index is 0.763. The molecule has 0 aromatic heterocycles. The predicted molar refractivity (Wildman–Crippen MR) is 91.8 cm³/mol. The number of rotatable bonds is 8. The molecule has 3 unspecified atom stereocenters. The van der Waals surface area contributed by atoms with Gasteiger partial charge in [0.1, 0.15) is 0 Å². The minimum absolute atomic E-state index is 0.763. The number of piperidine rings is 2. The summed E-state index contributed by atoms with van der Waals surface area (Å²) in [7, 11) is 2.14. The zero-order valence-electron chi connectivity index (χ0n) is 14.8. The van der Waals surface area contributed by atoms with Crippen molar-refractivity contribution in [2.24, 2.45) is 0 Å². The van der Waals surface area contributed by atoms with Gasteiger partial charge in [-0.1, -0.05) is 20.3 Å². The van der Waals surface area contributed by atoms with E-state index in [0.717, 1.165) is 24.2 Å². The summed E-state index contributed by atoms with van der Waals surface area (Å²) in [5.41, 5.74) is 0. The average molecular weight is 296 g/mol. The van der Waals surface area contributed by atoms with Crippen LogP contribution in [-0.4, -0.2) is 60.6 Å². The second-order valence-electron chi connectivity index (χ2n) is 7.16. The van der Waals surface area contributed by atoms with Gasteiger partial charge in [0.2, 0.25) is 0 Å². The SMILES string of the molecule is CCN(CC)CCCC(C)N1C2CCCC1CC(NC)C2. The highest BCUT2D eigenvalue weighted by Gasteiger charge is 2.39. The number of fused-ring (bicyclic) bond motifs is 2. The molecule has 2 aliphatic heterocycles. The number of hydrogen-bond donors (Lipinski definition) is 1. The van der Waals surface area contributed by atoms with Gasteiger partial charge in [-0.15, -0.1) is 0 Å². The molecule has 0 aromatic rings. The molecule has 0 aromatic carbocycles. The topological polar surface area (TPSA) is 18.5 Å².